The lowest BCUT2D eigenvalue weighted by molar-refractivity contribution is -0.0461. The van der Waals surface area contributed by atoms with Crippen LogP contribution in [-0.2, 0) is 11.2 Å². The standard InChI is InChI=1S/C13H24N2OS/c1-6-13(5,16-7-2)11(14)8-12-15-9(3)10(4)17-12/h11H,6-8,14H2,1-5H3. The van der Waals surface area contributed by atoms with Gasteiger partial charge >= 0.3 is 0 Å². The van der Waals surface area contributed by atoms with E-state index in [9.17, 15) is 0 Å². The third kappa shape index (κ3) is 3.50. The maximum absolute atomic E-state index is 6.28. The summed E-state index contributed by atoms with van der Waals surface area (Å²) in [5, 5.41) is 1.12. The van der Waals surface area contributed by atoms with Gasteiger partial charge in [0.05, 0.1) is 16.3 Å². The molecule has 0 aliphatic heterocycles. The van der Waals surface area contributed by atoms with Crippen LogP contribution in [0.25, 0.3) is 0 Å². The average Bonchev–Trinajstić information content (AvgIpc) is 2.58. The Bertz CT molecular complexity index is 345. The average molecular weight is 256 g/mol. The van der Waals surface area contributed by atoms with Gasteiger partial charge in [-0.1, -0.05) is 6.92 Å². The van der Waals surface area contributed by atoms with Gasteiger partial charge in [0.1, 0.15) is 0 Å². The largest absolute Gasteiger partial charge is 0.374 e. The highest BCUT2D eigenvalue weighted by molar-refractivity contribution is 7.11. The lowest BCUT2D eigenvalue weighted by Gasteiger charge is -2.34. The zero-order valence-corrected chi connectivity index (χ0v) is 12.4. The van der Waals surface area contributed by atoms with Gasteiger partial charge in [-0.3, -0.25) is 0 Å². The molecule has 0 spiro atoms. The maximum Gasteiger partial charge on any atom is 0.0947 e. The predicted molar refractivity (Wildman–Crippen MR) is 73.6 cm³/mol. The molecule has 0 fully saturated rings. The van der Waals surface area contributed by atoms with Gasteiger partial charge in [0.15, 0.2) is 0 Å². The van der Waals surface area contributed by atoms with Crippen LogP contribution < -0.4 is 5.73 Å². The van der Waals surface area contributed by atoms with E-state index in [1.165, 1.54) is 4.88 Å². The van der Waals surface area contributed by atoms with Crippen LogP contribution in [-0.4, -0.2) is 23.2 Å². The van der Waals surface area contributed by atoms with Crippen LogP contribution in [0.15, 0.2) is 0 Å². The molecule has 0 aliphatic carbocycles. The number of nitrogens with zero attached hydrogens (tertiary/aromatic N) is 1. The molecule has 0 aliphatic rings. The minimum Gasteiger partial charge on any atom is -0.374 e. The zero-order valence-electron chi connectivity index (χ0n) is 11.5. The first-order valence-electron chi connectivity index (χ1n) is 6.25. The Labute approximate surface area is 108 Å². The summed E-state index contributed by atoms with van der Waals surface area (Å²) in [6.07, 6.45) is 1.72. The molecule has 0 saturated heterocycles. The number of nitrogens with two attached hydrogens (primary N) is 1. The van der Waals surface area contributed by atoms with Crippen LogP contribution in [0, 0.1) is 13.8 Å². The van der Waals surface area contributed by atoms with Crippen molar-refractivity contribution in [2.24, 2.45) is 5.73 Å². The van der Waals surface area contributed by atoms with Crippen molar-refractivity contribution in [3.63, 3.8) is 0 Å². The molecule has 0 saturated carbocycles. The minimum absolute atomic E-state index is 0.00241. The molecule has 2 atom stereocenters. The van der Waals surface area contributed by atoms with Gasteiger partial charge in [-0.2, -0.15) is 0 Å². The van der Waals surface area contributed by atoms with Gasteiger partial charge in [-0.25, -0.2) is 4.98 Å². The SMILES string of the molecule is CCOC(C)(CC)C(N)Cc1nc(C)c(C)s1. The van der Waals surface area contributed by atoms with Crippen LogP contribution in [0.3, 0.4) is 0 Å². The van der Waals surface area contributed by atoms with E-state index >= 15 is 0 Å². The Morgan fingerprint density at radius 2 is 2.06 bits per heavy atom. The summed E-state index contributed by atoms with van der Waals surface area (Å²) in [6.45, 7) is 11.1. The van der Waals surface area contributed by atoms with Crippen molar-refractivity contribution in [2.45, 2.75) is 59.1 Å². The van der Waals surface area contributed by atoms with Crippen molar-refractivity contribution < 1.29 is 4.74 Å². The molecule has 1 aromatic heterocycles. The number of hydrogen-bond donors (Lipinski definition) is 1. The molecule has 0 amide bonds. The van der Waals surface area contributed by atoms with E-state index in [0.29, 0.717) is 6.61 Å². The fraction of sp³-hybridized carbons (Fsp3) is 0.769. The third-order valence-electron chi connectivity index (χ3n) is 3.43. The normalized spacial score (nSPS) is 16.8. The van der Waals surface area contributed by atoms with Crippen molar-refractivity contribution in [3.8, 4) is 0 Å². The van der Waals surface area contributed by atoms with Crippen molar-refractivity contribution in [1.29, 1.82) is 0 Å². The molecule has 0 aromatic carbocycles. The van der Waals surface area contributed by atoms with Crippen LogP contribution in [0.4, 0.5) is 0 Å². The Balaban J connectivity index is 2.73. The molecule has 0 radical (unpaired) electrons. The number of thiazole rings is 1. The molecule has 1 aromatic rings. The van der Waals surface area contributed by atoms with Crippen LogP contribution in [0.5, 0.6) is 0 Å². The first-order valence-corrected chi connectivity index (χ1v) is 7.07. The molecule has 3 nitrogen and oxygen atoms in total. The van der Waals surface area contributed by atoms with E-state index in [0.717, 1.165) is 23.5 Å². The van der Waals surface area contributed by atoms with Gasteiger partial charge in [0.2, 0.25) is 0 Å². The fourth-order valence-electron chi connectivity index (χ4n) is 1.83. The highest BCUT2D eigenvalue weighted by Crippen LogP contribution is 2.24. The molecule has 1 rings (SSSR count). The van der Waals surface area contributed by atoms with Crippen molar-refractivity contribution >= 4 is 11.3 Å². The maximum atomic E-state index is 6.28. The molecule has 98 valence electrons. The quantitative estimate of drug-likeness (QED) is 0.851. The second kappa shape index (κ2) is 5.94. The van der Waals surface area contributed by atoms with Crippen LogP contribution >= 0.6 is 11.3 Å². The summed E-state index contributed by atoms with van der Waals surface area (Å²) in [5.74, 6) is 0. The van der Waals surface area contributed by atoms with Gasteiger partial charge in [-0.15, -0.1) is 11.3 Å². The van der Waals surface area contributed by atoms with Crippen molar-refractivity contribution in [1.82, 2.24) is 4.98 Å². The number of hydrogen-bond acceptors (Lipinski definition) is 4. The van der Waals surface area contributed by atoms with E-state index < -0.39 is 0 Å². The second-order valence-corrected chi connectivity index (χ2v) is 5.95. The number of aromatic nitrogens is 1. The van der Waals surface area contributed by atoms with E-state index in [1.807, 2.05) is 13.8 Å². The summed E-state index contributed by atoms with van der Waals surface area (Å²) in [6, 6.07) is -0.00241. The van der Waals surface area contributed by atoms with E-state index in [2.05, 4.69) is 25.8 Å². The summed E-state index contributed by atoms with van der Waals surface area (Å²) in [7, 11) is 0. The number of rotatable bonds is 6. The Morgan fingerprint density at radius 3 is 2.47 bits per heavy atom. The van der Waals surface area contributed by atoms with Crippen molar-refractivity contribution in [3.05, 3.63) is 15.6 Å². The van der Waals surface area contributed by atoms with E-state index in [-0.39, 0.29) is 11.6 Å². The van der Waals surface area contributed by atoms with Crippen LogP contribution in [0.2, 0.25) is 0 Å². The molecule has 2 unspecified atom stereocenters. The smallest absolute Gasteiger partial charge is 0.0947 e. The fourth-order valence-corrected chi connectivity index (χ4v) is 2.82. The van der Waals surface area contributed by atoms with Gasteiger partial charge in [0, 0.05) is 23.9 Å². The zero-order chi connectivity index (χ0) is 13.1. The highest BCUT2D eigenvalue weighted by atomic mass is 32.1. The molecular weight excluding hydrogens is 232 g/mol. The van der Waals surface area contributed by atoms with Crippen LogP contribution in [0.1, 0.15) is 42.8 Å². The van der Waals surface area contributed by atoms with E-state index in [1.54, 1.807) is 11.3 Å². The molecule has 4 heteroatoms. The molecule has 1 heterocycles. The predicted octanol–water partition coefficient (Wildman–Crippen LogP) is 2.83. The Morgan fingerprint density at radius 1 is 1.41 bits per heavy atom. The first-order chi connectivity index (χ1) is 7.92. The lowest BCUT2D eigenvalue weighted by Crippen LogP contribution is -2.48. The van der Waals surface area contributed by atoms with Gasteiger partial charge in [0.25, 0.3) is 0 Å². The topological polar surface area (TPSA) is 48.1 Å². The number of aryl methyl sites for hydroxylation is 2. The Kier molecular flexibility index (Phi) is 5.10. The molecule has 17 heavy (non-hydrogen) atoms. The monoisotopic (exact) mass is 256 g/mol. The lowest BCUT2D eigenvalue weighted by atomic mass is 9.91. The number of ether oxygens (including phenoxy) is 1. The highest BCUT2D eigenvalue weighted by Gasteiger charge is 2.31. The summed E-state index contributed by atoms with van der Waals surface area (Å²) in [4.78, 5) is 5.82. The summed E-state index contributed by atoms with van der Waals surface area (Å²) < 4.78 is 5.80. The molecule has 2 N–H and O–H groups in total. The molecule has 0 bridgehead atoms. The van der Waals surface area contributed by atoms with Gasteiger partial charge in [-0.05, 0) is 34.1 Å². The van der Waals surface area contributed by atoms with Gasteiger partial charge < -0.3 is 10.5 Å². The first kappa shape index (κ1) is 14.6. The minimum atomic E-state index is -0.248. The summed E-state index contributed by atoms with van der Waals surface area (Å²) in [5.41, 5.74) is 7.15. The third-order valence-corrected chi connectivity index (χ3v) is 4.52. The van der Waals surface area contributed by atoms with Crippen molar-refractivity contribution in [2.75, 3.05) is 6.61 Å². The second-order valence-electron chi connectivity index (χ2n) is 4.66. The summed E-state index contributed by atoms with van der Waals surface area (Å²) >= 11 is 1.74. The molecular formula is C13H24N2OS. The van der Waals surface area contributed by atoms with E-state index in [4.69, 9.17) is 10.5 Å². The Hall–Kier alpha value is -0.450.